The van der Waals surface area contributed by atoms with E-state index in [1.807, 2.05) is 30.3 Å². The Morgan fingerprint density at radius 1 is 0.911 bits per heavy atom. The van der Waals surface area contributed by atoms with Crippen molar-refractivity contribution in [3.63, 3.8) is 0 Å². The summed E-state index contributed by atoms with van der Waals surface area (Å²) >= 11 is 0. The van der Waals surface area contributed by atoms with E-state index in [9.17, 15) is 29.7 Å². The van der Waals surface area contributed by atoms with Crippen LogP contribution in [0.4, 0.5) is 0 Å². The molecule has 5 unspecified atom stereocenters. The Bertz CT molecular complexity index is 2200. The predicted octanol–water partition coefficient (Wildman–Crippen LogP) is 2.27. The van der Waals surface area contributed by atoms with Crippen LogP contribution in [-0.2, 0) is 20.7 Å². The number of nitrogens with two attached hydrogens (primary N) is 4. The second-order valence-corrected chi connectivity index (χ2v) is 13.4. The third kappa shape index (κ3) is 8.33. The molecule has 5 atom stereocenters. The van der Waals surface area contributed by atoms with Gasteiger partial charge in [-0.25, -0.2) is 0 Å². The van der Waals surface area contributed by atoms with Crippen molar-refractivity contribution in [3.05, 3.63) is 123 Å². The molecule has 11 N–H and O–H groups in total. The number of guanidine groups is 1. The number of carbonyl (C=O) groups is 3. The molecule has 0 amide bonds. The van der Waals surface area contributed by atoms with Gasteiger partial charge in [-0.15, -0.1) is 0 Å². The van der Waals surface area contributed by atoms with E-state index in [2.05, 4.69) is 4.99 Å². The third-order valence-electron chi connectivity index (χ3n) is 9.45. The minimum Gasteiger partial charge on any atom is -0.507 e. The number of aliphatic imine (C=N–C) groups is 1. The molecule has 6 rings (SSSR count). The monoisotopic (exact) mass is 765 g/mol. The summed E-state index contributed by atoms with van der Waals surface area (Å²) in [7, 11) is 0. The Hall–Kier alpha value is -5.94. The number of ether oxygens (including phenoxy) is 4. The van der Waals surface area contributed by atoms with E-state index in [0.29, 0.717) is 11.1 Å². The third-order valence-corrected chi connectivity index (χ3v) is 9.45. The van der Waals surface area contributed by atoms with Gasteiger partial charge in [0.05, 0.1) is 31.0 Å². The molecule has 2 aliphatic rings. The SMILES string of the molecule is CC(=O)Oc1ccc2c(c1C=Cc1ccccc1)C(=O)c1cc(OC3OC(C)C(O)C(O)C3OCCN=C(N)N)c(Cc3cccc(C(N)N)c3)c(O)c1C2=O. The molecule has 0 aromatic heterocycles. The number of hydrogen-bond donors (Lipinski definition) is 7. The van der Waals surface area contributed by atoms with Gasteiger partial charge in [-0.2, -0.15) is 0 Å². The quantitative estimate of drug-likeness (QED) is 0.0183. The van der Waals surface area contributed by atoms with E-state index in [4.69, 9.17) is 41.9 Å². The fourth-order valence-electron chi connectivity index (χ4n) is 6.70. The molecule has 0 spiro atoms. The summed E-state index contributed by atoms with van der Waals surface area (Å²) in [5.74, 6) is -2.74. The van der Waals surface area contributed by atoms with Gasteiger partial charge >= 0.3 is 5.97 Å². The van der Waals surface area contributed by atoms with Crippen molar-refractivity contribution in [2.24, 2.45) is 27.9 Å². The van der Waals surface area contributed by atoms with Crippen LogP contribution in [0, 0.1) is 0 Å². The van der Waals surface area contributed by atoms with Crippen LogP contribution in [0.25, 0.3) is 12.2 Å². The molecule has 15 nitrogen and oxygen atoms in total. The number of aliphatic hydroxyl groups excluding tert-OH is 2. The fraction of sp³-hybridized carbons (Fsp3) is 0.268. The maximum absolute atomic E-state index is 14.7. The first-order valence-corrected chi connectivity index (χ1v) is 17.8. The smallest absolute Gasteiger partial charge is 0.308 e. The highest BCUT2D eigenvalue weighted by atomic mass is 16.7. The lowest BCUT2D eigenvalue weighted by atomic mass is 9.79. The largest absolute Gasteiger partial charge is 0.507 e. The van der Waals surface area contributed by atoms with Crippen molar-refractivity contribution in [2.75, 3.05) is 13.2 Å². The molecule has 1 aliphatic carbocycles. The van der Waals surface area contributed by atoms with Crippen molar-refractivity contribution >= 4 is 35.6 Å². The van der Waals surface area contributed by atoms with E-state index in [-0.39, 0.29) is 70.4 Å². The summed E-state index contributed by atoms with van der Waals surface area (Å²) < 4.78 is 23.7. The van der Waals surface area contributed by atoms with Crippen molar-refractivity contribution < 1.29 is 48.7 Å². The Morgan fingerprint density at radius 2 is 1.64 bits per heavy atom. The molecule has 1 heterocycles. The summed E-state index contributed by atoms with van der Waals surface area (Å²) in [6.45, 7) is 2.65. The van der Waals surface area contributed by atoms with Crippen LogP contribution in [0.15, 0.2) is 77.8 Å². The van der Waals surface area contributed by atoms with Crippen molar-refractivity contribution in [2.45, 2.75) is 57.1 Å². The molecule has 4 aromatic rings. The number of fused-ring (bicyclic) bond motifs is 2. The number of aliphatic hydroxyl groups is 2. The van der Waals surface area contributed by atoms with Crippen LogP contribution >= 0.6 is 0 Å². The number of esters is 1. The van der Waals surface area contributed by atoms with Crippen LogP contribution in [0.2, 0.25) is 0 Å². The molecule has 1 fully saturated rings. The number of phenols is 1. The van der Waals surface area contributed by atoms with Gasteiger partial charge in [0.25, 0.3) is 0 Å². The van der Waals surface area contributed by atoms with E-state index < -0.39 is 60.2 Å². The van der Waals surface area contributed by atoms with E-state index in [0.717, 1.165) is 5.56 Å². The predicted molar refractivity (Wildman–Crippen MR) is 206 cm³/mol. The highest BCUT2D eigenvalue weighted by Crippen LogP contribution is 2.44. The Labute approximate surface area is 322 Å². The molecule has 0 bridgehead atoms. The normalized spacial score (nSPS) is 20.4. The molecule has 4 aromatic carbocycles. The second-order valence-electron chi connectivity index (χ2n) is 13.4. The highest BCUT2D eigenvalue weighted by Gasteiger charge is 2.46. The summed E-state index contributed by atoms with van der Waals surface area (Å²) in [6.07, 6.45) is -4.09. The number of hydrogen-bond acceptors (Lipinski definition) is 13. The van der Waals surface area contributed by atoms with Gasteiger partial charge < -0.3 is 57.2 Å². The first-order valence-electron chi connectivity index (χ1n) is 17.8. The average molecular weight is 766 g/mol. The zero-order valence-corrected chi connectivity index (χ0v) is 30.6. The van der Waals surface area contributed by atoms with Crippen LogP contribution < -0.4 is 32.4 Å². The molecule has 1 saturated heterocycles. The lowest BCUT2D eigenvalue weighted by molar-refractivity contribution is -0.278. The molecular formula is C41H43N5O10. The number of rotatable bonds is 12. The maximum atomic E-state index is 14.7. The lowest BCUT2D eigenvalue weighted by Crippen LogP contribution is -2.59. The number of aromatic hydroxyl groups is 1. The van der Waals surface area contributed by atoms with Gasteiger partial charge in [0.15, 0.2) is 17.5 Å². The minimum atomic E-state index is -1.51. The zero-order valence-electron chi connectivity index (χ0n) is 30.6. The van der Waals surface area contributed by atoms with Gasteiger partial charge in [-0.3, -0.25) is 19.4 Å². The number of ketones is 2. The van der Waals surface area contributed by atoms with Crippen LogP contribution in [-0.4, -0.2) is 82.7 Å². The van der Waals surface area contributed by atoms with Crippen molar-refractivity contribution in [3.8, 4) is 17.2 Å². The van der Waals surface area contributed by atoms with Gasteiger partial charge in [0.1, 0.15) is 35.6 Å². The van der Waals surface area contributed by atoms with Gasteiger partial charge in [0.2, 0.25) is 6.29 Å². The molecule has 0 radical (unpaired) electrons. The number of nitrogens with zero attached hydrogens (tertiary/aromatic N) is 1. The molecule has 15 heteroatoms. The van der Waals surface area contributed by atoms with Gasteiger partial charge in [0, 0.05) is 41.2 Å². The molecule has 56 heavy (non-hydrogen) atoms. The Balaban J connectivity index is 1.50. The fourth-order valence-corrected chi connectivity index (χ4v) is 6.70. The standard InChI is InChI=1S/C41H43N5O10/c1-20-33(48)37(52)38(53-16-15-46-41(44)45)40(54-20)56-30-19-28-32(35(50)27(30)18-23-9-6-10-24(17-23)39(42)43)34(49)26-13-14-29(55-21(2)47)25(31(26)36(28)51)12-11-22-7-4-3-5-8-22/h3-14,17,19-20,33,37-40,48,50,52H,15-16,18,42-43H2,1-2H3,(H4,44,45,46). The topological polar surface area (TPSA) is 265 Å². The molecule has 292 valence electrons. The zero-order chi connectivity index (χ0) is 40.3. The van der Waals surface area contributed by atoms with Crippen LogP contribution in [0.3, 0.4) is 0 Å². The summed E-state index contributed by atoms with van der Waals surface area (Å²) in [6, 6.07) is 20.2. The molecule has 0 saturated carbocycles. The summed E-state index contributed by atoms with van der Waals surface area (Å²) in [4.78, 5) is 45.1. The number of benzene rings is 4. The van der Waals surface area contributed by atoms with Gasteiger partial charge in [-0.1, -0.05) is 60.7 Å². The Morgan fingerprint density at radius 3 is 2.34 bits per heavy atom. The minimum absolute atomic E-state index is 0.0147. The highest BCUT2D eigenvalue weighted by molar-refractivity contribution is 6.31. The van der Waals surface area contributed by atoms with Crippen LogP contribution in [0.1, 0.15) is 79.7 Å². The van der Waals surface area contributed by atoms with E-state index in [1.165, 1.54) is 32.0 Å². The Kier molecular flexibility index (Phi) is 11.9. The van der Waals surface area contributed by atoms with Gasteiger partial charge in [-0.05, 0) is 47.9 Å². The molecule has 1 aliphatic heterocycles. The lowest BCUT2D eigenvalue weighted by Gasteiger charge is -2.41. The second kappa shape index (κ2) is 16.8. The van der Waals surface area contributed by atoms with Crippen LogP contribution in [0.5, 0.6) is 17.2 Å². The molecular weight excluding hydrogens is 722 g/mol. The number of phenolic OH excluding ortho intramolecular Hbond substituents is 1. The maximum Gasteiger partial charge on any atom is 0.308 e. The summed E-state index contributed by atoms with van der Waals surface area (Å²) in [5.41, 5.74) is 24.5. The number of carbonyl (C=O) groups excluding carboxylic acids is 3. The van der Waals surface area contributed by atoms with E-state index in [1.54, 1.807) is 36.4 Å². The summed E-state index contributed by atoms with van der Waals surface area (Å²) in [5, 5.41) is 33.8. The van der Waals surface area contributed by atoms with Crippen molar-refractivity contribution in [1.82, 2.24) is 0 Å². The van der Waals surface area contributed by atoms with Crippen molar-refractivity contribution in [1.29, 1.82) is 0 Å². The average Bonchev–Trinajstić information content (AvgIpc) is 3.16. The first kappa shape index (κ1) is 39.7. The van der Waals surface area contributed by atoms with E-state index >= 15 is 0 Å². The first-order chi connectivity index (χ1) is 26.7.